The maximum Gasteiger partial charge on any atom is 0.252 e. The number of amides is 1. The summed E-state index contributed by atoms with van der Waals surface area (Å²) in [4.78, 5) is 11.6. The molecule has 15 heavy (non-hydrogen) atoms. The molecule has 0 heterocycles. The van der Waals surface area contributed by atoms with E-state index in [1.54, 1.807) is 19.1 Å². The van der Waals surface area contributed by atoms with Crippen LogP contribution in [0.2, 0.25) is 5.02 Å². The van der Waals surface area contributed by atoms with Crippen molar-refractivity contribution in [2.45, 2.75) is 13.0 Å². The first-order valence-corrected chi connectivity index (χ1v) is 4.74. The summed E-state index contributed by atoms with van der Waals surface area (Å²) in [6, 6.07) is 4.34. The fourth-order valence-corrected chi connectivity index (χ4v) is 1.31. The van der Waals surface area contributed by atoms with Gasteiger partial charge in [0.05, 0.1) is 6.04 Å². The van der Waals surface area contributed by atoms with Crippen molar-refractivity contribution < 1.29 is 4.79 Å². The fourth-order valence-electron chi connectivity index (χ4n) is 1.07. The topological polar surface area (TPSA) is 55.1 Å². The lowest BCUT2D eigenvalue weighted by atomic mass is 10.2. The normalized spacial score (nSPS) is 11.5. The monoisotopic (exact) mass is 222 g/mol. The molecule has 1 atom stereocenters. The Morgan fingerprint density at radius 3 is 2.80 bits per heavy atom. The van der Waals surface area contributed by atoms with Gasteiger partial charge in [0.1, 0.15) is 0 Å². The predicted octanol–water partition coefficient (Wildman–Crippen LogP) is 1.67. The molecule has 0 aliphatic carbocycles. The van der Waals surface area contributed by atoms with Gasteiger partial charge in [-0.3, -0.25) is 4.79 Å². The van der Waals surface area contributed by atoms with E-state index in [9.17, 15) is 4.79 Å². The molecule has 1 amide bonds. The molecular formula is C11H11ClN2O. The molecule has 0 aliphatic rings. The molecule has 1 aromatic carbocycles. The molecule has 0 aliphatic heterocycles. The van der Waals surface area contributed by atoms with E-state index in [1.807, 2.05) is 0 Å². The van der Waals surface area contributed by atoms with E-state index in [0.717, 1.165) is 0 Å². The van der Waals surface area contributed by atoms with E-state index >= 15 is 0 Å². The highest BCUT2D eigenvalue weighted by Gasteiger charge is 2.09. The van der Waals surface area contributed by atoms with Crippen LogP contribution >= 0.6 is 11.6 Å². The Hall–Kier alpha value is -1.66. The van der Waals surface area contributed by atoms with Gasteiger partial charge < -0.3 is 11.1 Å². The zero-order valence-corrected chi connectivity index (χ0v) is 9.01. The summed E-state index contributed by atoms with van der Waals surface area (Å²) in [6.45, 7) is 1.71. The highest BCUT2D eigenvalue weighted by Crippen LogP contribution is 2.16. The number of carbonyl (C=O) groups excluding carboxylic acids is 1. The Labute approximate surface area is 93.6 Å². The lowest BCUT2D eigenvalue weighted by Crippen LogP contribution is -2.31. The van der Waals surface area contributed by atoms with Crippen LogP contribution in [0.4, 0.5) is 5.69 Å². The maximum atomic E-state index is 11.6. The molecule has 3 nitrogen and oxygen atoms in total. The first-order chi connectivity index (χ1) is 7.02. The number of anilines is 1. The summed E-state index contributed by atoms with van der Waals surface area (Å²) in [7, 11) is 0. The van der Waals surface area contributed by atoms with Gasteiger partial charge in [-0.1, -0.05) is 17.5 Å². The number of hydrogen-bond donors (Lipinski definition) is 2. The van der Waals surface area contributed by atoms with E-state index in [-0.39, 0.29) is 11.9 Å². The van der Waals surface area contributed by atoms with Gasteiger partial charge in [-0.05, 0) is 25.1 Å². The Kier molecular flexibility index (Phi) is 3.59. The molecule has 3 N–H and O–H groups in total. The van der Waals surface area contributed by atoms with Gasteiger partial charge in [-0.15, -0.1) is 6.42 Å². The Bertz CT molecular complexity index is 403. The minimum absolute atomic E-state index is 0.283. The third kappa shape index (κ3) is 3.19. The molecule has 0 aromatic heterocycles. The van der Waals surface area contributed by atoms with Crippen LogP contribution in [0, 0.1) is 12.3 Å². The van der Waals surface area contributed by atoms with Crippen molar-refractivity contribution in [3.63, 3.8) is 0 Å². The van der Waals surface area contributed by atoms with Gasteiger partial charge in [0.2, 0.25) is 0 Å². The van der Waals surface area contributed by atoms with E-state index in [1.165, 1.54) is 6.07 Å². The number of terminal acetylenes is 1. The molecule has 1 unspecified atom stereocenters. The van der Waals surface area contributed by atoms with Crippen LogP contribution in [0.25, 0.3) is 0 Å². The summed E-state index contributed by atoms with van der Waals surface area (Å²) in [5.74, 6) is 2.12. The quantitative estimate of drug-likeness (QED) is 0.591. The predicted molar refractivity (Wildman–Crippen MR) is 61.6 cm³/mol. The first kappa shape index (κ1) is 11.4. The van der Waals surface area contributed by atoms with E-state index in [2.05, 4.69) is 11.2 Å². The van der Waals surface area contributed by atoms with E-state index in [0.29, 0.717) is 16.3 Å². The van der Waals surface area contributed by atoms with E-state index < -0.39 is 0 Å². The molecule has 0 saturated carbocycles. The number of nitrogen functional groups attached to an aromatic ring is 1. The van der Waals surface area contributed by atoms with Gasteiger partial charge in [0.25, 0.3) is 5.91 Å². The van der Waals surface area contributed by atoms with Crippen molar-refractivity contribution in [2.24, 2.45) is 0 Å². The number of halogens is 1. The van der Waals surface area contributed by atoms with Crippen molar-refractivity contribution in [1.82, 2.24) is 5.32 Å². The van der Waals surface area contributed by atoms with Gasteiger partial charge >= 0.3 is 0 Å². The molecule has 1 aromatic rings. The smallest absolute Gasteiger partial charge is 0.252 e. The third-order valence-electron chi connectivity index (χ3n) is 1.78. The molecule has 0 bridgehead atoms. The van der Waals surface area contributed by atoms with Crippen molar-refractivity contribution >= 4 is 23.2 Å². The summed E-state index contributed by atoms with van der Waals surface area (Å²) in [6.07, 6.45) is 5.14. The maximum absolute atomic E-state index is 11.6. The van der Waals surface area contributed by atoms with Crippen molar-refractivity contribution in [3.8, 4) is 12.3 Å². The number of carbonyl (C=O) groups is 1. The molecule has 0 fully saturated rings. The second kappa shape index (κ2) is 4.72. The van der Waals surface area contributed by atoms with Crippen molar-refractivity contribution in [3.05, 3.63) is 28.8 Å². The average molecular weight is 223 g/mol. The summed E-state index contributed by atoms with van der Waals surface area (Å²) < 4.78 is 0. The summed E-state index contributed by atoms with van der Waals surface area (Å²) >= 11 is 5.76. The second-order valence-electron chi connectivity index (χ2n) is 3.14. The van der Waals surface area contributed by atoms with Crippen LogP contribution in [0.3, 0.4) is 0 Å². The molecule has 0 radical (unpaired) electrons. The van der Waals surface area contributed by atoms with Crippen LogP contribution in [-0.2, 0) is 0 Å². The Balaban J connectivity index is 2.88. The lowest BCUT2D eigenvalue weighted by Gasteiger charge is -2.08. The van der Waals surface area contributed by atoms with Gasteiger partial charge in [-0.25, -0.2) is 0 Å². The second-order valence-corrected chi connectivity index (χ2v) is 3.57. The average Bonchev–Trinajstić information content (AvgIpc) is 2.16. The van der Waals surface area contributed by atoms with Crippen LogP contribution in [-0.4, -0.2) is 11.9 Å². The van der Waals surface area contributed by atoms with Crippen molar-refractivity contribution in [1.29, 1.82) is 0 Å². The minimum atomic E-state index is -0.322. The summed E-state index contributed by atoms with van der Waals surface area (Å²) in [5, 5.41) is 3.04. The summed E-state index contributed by atoms with van der Waals surface area (Å²) in [5.41, 5.74) is 6.41. The number of nitrogens with two attached hydrogens (primary N) is 1. The van der Waals surface area contributed by atoms with Crippen LogP contribution in [0.5, 0.6) is 0 Å². The first-order valence-electron chi connectivity index (χ1n) is 4.36. The Morgan fingerprint density at radius 2 is 2.27 bits per heavy atom. The third-order valence-corrected chi connectivity index (χ3v) is 2.00. The number of rotatable bonds is 2. The highest BCUT2D eigenvalue weighted by atomic mass is 35.5. The number of hydrogen-bond acceptors (Lipinski definition) is 2. The Morgan fingerprint density at radius 1 is 1.60 bits per heavy atom. The zero-order chi connectivity index (χ0) is 11.4. The molecule has 78 valence electrons. The largest absolute Gasteiger partial charge is 0.399 e. The standard InChI is InChI=1S/C11H11ClN2O/c1-3-7(2)14-11(15)8-4-9(12)6-10(13)5-8/h1,4-7H,13H2,2H3,(H,14,15). The van der Waals surface area contributed by atoms with E-state index in [4.69, 9.17) is 23.8 Å². The van der Waals surface area contributed by atoms with Crippen molar-refractivity contribution in [2.75, 3.05) is 5.73 Å². The molecular weight excluding hydrogens is 212 g/mol. The zero-order valence-electron chi connectivity index (χ0n) is 8.25. The molecule has 0 saturated heterocycles. The molecule has 4 heteroatoms. The van der Waals surface area contributed by atoms with Crippen LogP contribution in [0.15, 0.2) is 18.2 Å². The SMILES string of the molecule is C#CC(C)NC(=O)c1cc(N)cc(Cl)c1. The highest BCUT2D eigenvalue weighted by molar-refractivity contribution is 6.31. The number of nitrogens with one attached hydrogen (secondary N) is 1. The van der Waals surface area contributed by atoms with Gasteiger partial charge in [0.15, 0.2) is 0 Å². The fraction of sp³-hybridized carbons (Fsp3) is 0.182. The minimum Gasteiger partial charge on any atom is -0.399 e. The van der Waals surface area contributed by atoms with Gasteiger partial charge in [-0.2, -0.15) is 0 Å². The van der Waals surface area contributed by atoms with Crippen LogP contribution < -0.4 is 11.1 Å². The van der Waals surface area contributed by atoms with Crippen LogP contribution in [0.1, 0.15) is 17.3 Å². The van der Waals surface area contributed by atoms with Gasteiger partial charge in [0, 0.05) is 16.3 Å². The lowest BCUT2D eigenvalue weighted by molar-refractivity contribution is 0.0948. The number of benzene rings is 1. The molecule has 1 rings (SSSR count). The molecule has 0 spiro atoms.